The van der Waals surface area contributed by atoms with Crippen LogP contribution < -0.4 is 10.6 Å². The number of nitrogens with one attached hydrogen (secondary N) is 2. The number of nitro groups is 1. The number of anilines is 1. The van der Waals surface area contributed by atoms with E-state index in [1.807, 2.05) is 6.07 Å². The molecule has 2 aromatic rings. The van der Waals surface area contributed by atoms with Crippen LogP contribution >= 0.6 is 0 Å². The summed E-state index contributed by atoms with van der Waals surface area (Å²) < 4.78 is 4.96. The molecule has 0 fully saturated rings. The van der Waals surface area contributed by atoms with Crippen LogP contribution in [-0.2, 0) is 0 Å². The van der Waals surface area contributed by atoms with Crippen LogP contribution in [0.1, 0.15) is 21.7 Å². The molecule has 1 amide bonds. The first-order chi connectivity index (χ1) is 11.0. The molecule has 0 aliphatic heterocycles. The zero-order valence-corrected chi connectivity index (χ0v) is 12.3. The number of rotatable bonds is 6. The maximum Gasteiger partial charge on any atom is 0.287 e. The summed E-state index contributed by atoms with van der Waals surface area (Å²) in [4.78, 5) is 22.1. The van der Waals surface area contributed by atoms with Crippen LogP contribution in [0.15, 0.2) is 34.9 Å². The van der Waals surface area contributed by atoms with Gasteiger partial charge in [-0.2, -0.15) is 5.26 Å². The van der Waals surface area contributed by atoms with Gasteiger partial charge in [-0.05, 0) is 25.1 Å². The van der Waals surface area contributed by atoms with Gasteiger partial charge >= 0.3 is 0 Å². The lowest BCUT2D eigenvalue weighted by Gasteiger charge is -2.10. The molecule has 1 heterocycles. The van der Waals surface area contributed by atoms with Crippen molar-refractivity contribution in [3.05, 3.63) is 57.5 Å². The average Bonchev–Trinajstić information content (AvgIpc) is 3.06. The van der Waals surface area contributed by atoms with Crippen molar-refractivity contribution in [2.24, 2.45) is 0 Å². The average molecular weight is 314 g/mol. The predicted molar refractivity (Wildman–Crippen MR) is 82.1 cm³/mol. The number of furan rings is 1. The Morgan fingerprint density at radius 1 is 1.43 bits per heavy atom. The van der Waals surface area contributed by atoms with Crippen molar-refractivity contribution < 1.29 is 14.1 Å². The Morgan fingerprint density at radius 3 is 2.83 bits per heavy atom. The Hall–Kier alpha value is -3.34. The summed E-state index contributed by atoms with van der Waals surface area (Å²) >= 11 is 0. The first-order valence-corrected chi connectivity index (χ1v) is 6.77. The summed E-state index contributed by atoms with van der Waals surface area (Å²) in [5.74, 6) is -0.131. The van der Waals surface area contributed by atoms with Gasteiger partial charge in [0.1, 0.15) is 0 Å². The number of benzene rings is 1. The first-order valence-electron chi connectivity index (χ1n) is 6.77. The summed E-state index contributed by atoms with van der Waals surface area (Å²) in [6.07, 6.45) is 1.41. The molecule has 8 nitrogen and oxygen atoms in total. The fraction of sp³-hybridized carbons (Fsp3) is 0.200. The molecule has 1 aromatic carbocycles. The molecule has 0 aliphatic carbocycles. The second-order valence-corrected chi connectivity index (χ2v) is 4.70. The predicted octanol–water partition coefficient (Wildman–Crippen LogP) is 2.21. The third kappa shape index (κ3) is 3.85. The Morgan fingerprint density at radius 2 is 2.22 bits per heavy atom. The van der Waals surface area contributed by atoms with E-state index in [1.165, 1.54) is 18.4 Å². The molecule has 0 aliphatic rings. The van der Waals surface area contributed by atoms with E-state index in [9.17, 15) is 14.9 Å². The molecule has 0 atom stereocenters. The molecule has 8 heteroatoms. The quantitative estimate of drug-likeness (QED) is 0.479. The molecule has 0 saturated carbocycles. The van der Waals surface area contributed by atoms with Crippen molar-refractivity contribution >= 4 is 17.3 Å². The summed E-state index contributed by atoms with van der Waals surface area (Å²) in [5.41, 5.74) is 1.00. The molecule has 0 unspecified atom stereocenters. The highest BCUT2D eigenvalue weighted by Gasteiger charge is 2.16. The van der Waals surface area contributed by atoms with Gasteiger partial charge in [-0.15, -0.1) is 0 Å². The Balaban J connectivity index is 1.98. The minimum atomic E-state index is -0.528. The van der Waals surface area contributed by atoms with Crippen LogP contribution in [0.2, 0.25) is 0 Å². The van der Waals surface area contributed by atoms with Crippen LogP contribution in [0.25, 0.3) is 0 Å². The third-order valence-corrected chi connectivity index (χ3v) is 3.18. The summed E-state index contributed by atoms with van der Waals surface area (Å²) in [6, 6.07) is 7.83. The number of nitrogens with zero attached hydrogens (tertiary/aromatic N) is 2. The normalized spacial score (nSPS) is 9.91. The van der Waals surface area contributed by atoms with Crippen molar-refractivity contribution in [2.75, 3.05) is 18.4 Å². The molecule has 2 rings (SSSR count). The largest absolute Gasteiger partial charge is 0.459 e. The SMILES string of the molecule is Cc1c(NCCNC(=O)c2ccco2)cc(C#N)cc1[N+](=O)[O-]. The third-order valence-electron chi connectivity index (χ3n) is 3.18. The fourth-order valence-electron chi connectivity index (χ4n) is 2.00. The van der Waals surface area contributed by atoms with Gasteiger partial charge in [0, 0.05) is 30.4 Å². The smallest absolute Gasteiger partial charge is 0.287 e. The van der Waals surface area contributed by atoms with Gasteiger partial charge < -0.3 is 15.1 Å². The monoisotopic (exact) mass is 314 g/mol. The van der Waals surface area contributed by atoms with Gasteiger partial charge in [-0.1, -0.05) is 0 Å². The summed E-state index contributed by atoms with van der Waals surface area (Å²) in [6.45, 7) is 2.24. The van der Waals surface area contributed by atoms with Crippen molar-refractivity contribution in [1.29, 1.82) is 5.26 Å². The van der Waals surface area contributed by atoms with Crippen molar-refractivity contribution in [3.8, 4) is 6.07 Å². The maximum absolute atomic E-state index is 11.7. The molecule has 2 N–H and O–H groups in total. The number of hydrogen-bond acceptors (Lipinski definition) is 6. The van der Waals surface area contributed by atoms with E-state index in [1.54, 1.807) is 19.1 Å². The van der Waals surface area contributed by atoms with Gasteiger partial charge in [-0.25, -0.2) is 0 Å². The zero-order valence-electron chi connectivity index (χ0n) is 12.3. The van der Waals surface area contributed by atoms with Crippen molar-refractivity contribution in [2.45, 2.75) is 6.92 Å². The number of amides is 1. The van der Waals surface area contributed by atoms with E-state index >= 15 is 0 Å². The number of carbonyl (C=O) groups excluding carboxylic acids is 1. The van der Waals surface area contributed by atoms with Crippen LogP contribution in [-0.4, -0.2) is 23.9 Å². The number of carbonyl (C=O) groups is 1. The topological polar surface area (TPSA) is 121 Å². The van der Waals surface area contributed by atoms with Gasteiger partial charge in [0.25, 0.3) is 11.6 Å². The molecular weight excluding hydrogens is 300 g/mol. The van der Waals surface area contributed by atoms with Gasteiger partial charge in [0.15, 0.2) is 5.76 Å². The number of nitriles is 1. The van der Waals surface area contributed by atoms with E-state index in [0.29, 0.717) is 24.3 Å². The second kappa shape index (κ2) is 7.09. The zero-order chi connectivity index (χ0) is 16.8. The van der Waals surface area contributed by atoms with Gasteiger partial charge in [0.05, 0.1) is 22.8 Å². The Labute approximate surface area is 131 Å². The summed E-state index contributed by atoms with van der Waals surface area (Å²) in [5, 5.41) is 25.6. The molecule has 23 heavy (non-hydrogen) atoms. The standard InChI is InChI=1S/C15H14N4O4/c1-10-12(7-11(9-16)8-13(10)19(21)22)17-4-5-18-15(20)14-3-2-6-23-14/h2-3,6-8,17H,4-5H2,1H3,(H,18,20). The number of hydrogen-bond donors (Lipinski definition) is 2. The Kier molecular flexibility index (Phi) is 4.94. The lowest BCUT2D eigenvalue weighted by molar-refractivity contribution is -0.385. The lowest BCUT2D eigenvalue weighted by Crippen LogP contribution is -2.28. The minimum Gasteiger partial charge on any atom is -0.459 e. The summed E-state index contributed by atoms with van der Waals surface area (Å²) in [7, 11) is 0. The maximum atomic E-state index is 11.7. The van der Waals surface area contributed by atoms with Gasteiger partial charge in [-0.3, -0.25) is 14.9 Å². The van der Waals surface area contributed by atoms with Crippen LogP contribution in [0, 0.1) is 28.4 Å². The Bertz CT molecular complexity index is 763. The second-order valence-electron chi connectivity index (χ2n) is 4.70. The minimum absolute atomic E-state index is 0.119. The highest BCUT2D eigenvalue weighted by Crippen LogP contribution is 2.27. The first kappa shape index (κ1) is 16.0. The molecule has 0 bridgehead atoms. The fourth-order valence-corrected chi connectivity index (χ4v) is 2.00. The molecule has 1 aromatic heterocycles. The van der Waals surface area contributed by atoms with E-state index in [2.05, 4.69) is 10.6 Å². The highest BCUT2D eigenvalue weighted by atomic mass is 16.6. The molecule has 118 valence electrons. The van der Waals surface area contributed by atoms with E-state index < -0.39 is 4.92 Å². The van der Waals surface area contributed by atoms with Crippen LogP contribution in [0.3, 0.4) is 0 Å². The van der Waals surface area contributed by atoms with Gasteiger partial charge in [0.2, 0.25) is 0 Å². The van der Waals surface area contributed by atoms with E-state index in [-0.39, 0.29) is 22.9 Å². The lowest BCUT2D eigenvalue weighted by atomic mass is 10.1. The molecule has 0 radical (unpaired) electrons. The van der Waals surface area contributed by atoms with E-state index in [4.69, 9.17) is 9.68 Å². The molecule has 0 saturated heterocycles. The number of nitro benzene ring substituents is 1. The highest BCUT2D eigenvalue weighted by molar-refractivity contribution is 5.91. The van der Waals surface area contributed by atoms with Crippen LogP contribution in [0.4, 0.5) is 11.4 Å². The van der Waals surface area contributed by atoms with Crippen molar-refractivity contribution in [1.82, 2.24) is 5.32 Å². The van der Waals surface area contributed by atoms with Crippen molar-refractivity contribution in [3.63, 3.8) is 0 Å². The van der Waals surface area contributed by atoms with Crippen LogP contribution in [0.5, 0.6) is 0 Å². The molecular formula is C15H14N4O4. The molecule has 0 spiro atoms. The van der Waals surface area contributed by atoms with E-state index in [0.717, 1.165) is 0 Å².